The number of nitrogens with one attached hydrogen (secondary N) is 1. The van der Waals surface area contributed by atoms with Crippen molar-refractivity contribution in [1.82, 2.24) is 14.8 Å². The first kappa shape index (κ1) is 17.9. The first-order valence-electron chi connectivity index (χ1n) is 9.16. The second-order valence-corrected chi connectivity index (χ2v) is 6.94. The van der Waals surface area contributed by atoms with E-state index in [9.17, 15) is 9.59 Å². The molecule has 0 aliphatic heterocycles. The minimum Gasteiger partial charge on any atom is -0.440 e. The van der Waals surface area contributed by atoms with Gasteiger partial charge in [-0.05, 0) is 30.3 Å². The van der Waals surface area contributed by atoms with Crippen LogP contribution in [0.5, 0.6) is 0 Å². The van der Waals surface area contributed by atoms with E-state index in [1.807, 2.05) is 32.0 Å². The van der Waals surface area contributed by atoms with Gasteiger partial charge in [0.1, 0.15) is 5.52 Å². The number of oxazole rings is 1. The summed E-state index contributed by atoms with van der Waals surface area (Å²) in [6.45, 7) is 4.40. The Bertz CT molecular complexity index is 1220. The van der Waals surface area contributed by atoms with Crippen molar-refractivity contribution in [3.63, 3.8) is 0 Å². The Morgan fingerprint density at radius 1 is 1.21 bits per heavy atom. The first-order valence-corrected chi connectivity index (χ1v) is 9.16. The molecule has 2 aromatic carbocycles. The standard InChI is InChI=1S/C21H20N4O3/c1-13(2)21-24-16-11-14(7-8-19(16)28-21)23-20(27)9-10-25-17-6-4-3-5-15(17)18(26)12-22-25/h3-8,11-13H,9-10H2,1-2H3,(H,23,27). The van der Waals surface area contributed by atoms with Gasteiger partial charge >= 0.3 is 0 Å². The number of carbonyl (C=O) groups is 1. The molecule has 0 radical (unpaired) electrons. The van der Waals surface area contributed by atoms with E-state index >= 15 is 0 Å². The van der Waals surface area contributed by atoms with Crippen LogP contribution in [0.25, 0.3) is 22.0 Å². The number of rotatable bonds is 5. The molecular weight excluding hydrogens is 356 g/mol. The molecule has 7 heteroatoms. The second kappa shape index (κ2) is 7.26. The number of fused-ring (bicyclic) bond motifs is 2. The van der Waals surface area contributed by atoms with E-state index in [0.717, 1.165) is 5.52 Å². The van der Waals surface area contributed by atoms with Crippen molar-refractivity contribution in [2.24, 2.45) is 0 Å². The van der Waals surface area contributed by atoms with Crippen LogP contribution >= 0.6 is 0 Å². The fourth-order valence-electron chi connectivity index (χ4n) is 3.04. The number of carbonyl (C=O) groups excluding carboxylic acids is 1. The van der Waals surface area contributed by atoms with Crippen LogP contribution in [0.4, 0.5) is 5.69 Å². The lowest BCUT2D eigenvalue weighted by Gasteiger charge is -2.09. The summed E-state index contributed by atoms with van der Waals surface area (Å²) < 4.78 is 7.36. The van der Waals surface area contributed by atoms with Crippen LogP contribution in [0.1, 0.15) is 32.1 Å². The molecule has 0 aliphatic rings. The lowest BCUT2D eigenvalue weighted by Crippen LogP contribution is -2.18. The number of anilines is 1. The monoisotopic (exact) mass is 376 g/mol. The molecule has 0 spiro atoms. The number of hydrogen-bond acceptors (Lipinski definition) is 5. The van der Waals surface area contributed by atoms with Crippen LogP contribution in [-0.2, 0) is 11.3 Å². The zero-order valence-corrected chi connectivity index (χ0v) is 15.7. The molecule has 0 unspecified atom stereocenters. The van der Waals surface area contributed by atoms with Gasteiger partial charge in [-0.3, -0.25) is 14.3 Å². The van der Waals surface area contributed by atoms with Crippen LogP contribution in [0, 0.1) is 0 Å². The zero-order valence-electron chi connectivity index (χ0n) is 15.7. The summed E-state index contributed by atoms with van der Waals surface area (Å²) >= 11 is 0. The van der Waals surface area contributed by atoms with Crippen LogP contribution in [0.3, 0.4) is 0 Å². The van der Waals surface area contributed by atoms with Crippen molar-refractivity contribution >= 4 is 33.6 Å². The van der Waals surface area contributed by atoms with Gasteiger partial charge in [0, 0.05) is 23.4 Å². The molecule has 142 valence electrons. The molecule has 0 saturated carbocycles. The largest absolute Gasteiger partial charge is 0.440 e. The van der Waals surface area contributed by atoms with E-state index in [1.165, 1.54) is 6.20 Å². The molecule has 4 aromatic rings. The fourth-order valence-corrected chi connectivity index (χ4v) is 3.04. The maximum atomic E-state index is 12.4. The third-order valence-electron chi connectivity index (χ3n) is 4.49. The molecule has 1 amide bonds. The third kappa shape index (κ3) is 3.51. The molecule has 4 rings (SSSR count). The van der Waals surface area contributed by atoms with Crippen molar-refractivity contribution in [1.29, 1.82) is 0 Å². The Balaban J connectivity index is 1.47. The van der Waals surface area contributed by atoms with Gasteiger partial charge in [-0.15, -0.1) is 0 Å². The van der Waals surface area contributed by atoms with Crippen molar-refractivity contribution in [2.75, 3.05) is 5.32 Å². The molecule has 0 bridgehead atoms. The van der Waals surface area contributed by atoms with E-state index in [2.05, 4.69) is 15.4 Å². The quantitative estimate of drug-likeness (QED) is 0.574. The van der Waals surface area contributed by atoms with Gasteiger partial charge in [-0.2, -0.15) is 5.10 Å². The first-order chi connectivity index (χ1) is 13.5. The molecule has 0 aliphatic carbocycles. The average Bonchev–Trinajstić information content (AvgIpc) is 3.11. The average molecular weight is 376 g/mol. The van der Waals surface area contributed by atoms with E-state index < -0.39 is 0 Å². The Hall–Kier alpha value is -3.48. The molecule has 0 atom stereocenters. The van der Waals surface area contributed by atoms with Crippen LogP contribution in [0.2, 0.25) is 0 Å². The molecule has 7 nitrogen and oxygen atoms in total. The summed E-state index contributed by atoms with van der Waals surface area (Å²) in [4.78, 5) is 28.7. The Morgan fingerprint density at radius 2 is 2.04 bits per heavy atom. The van der Waals surface area contributed by atoms with Crippen molar-refractivity contribution in [3.8, 4) is 0 Å². The summed E-state index contributed by atoms with van der Waals surface area (Å²) in [6.07, 6.45) is 1.51. The third-order valence-corrected chi connectivity index (χ3v) is 4.49. The highest BCUT2D eigenvalue weighted by atomic mass is 16.3. The highest BCUT2D eigenvalue weighted by Crippen LogP contribution is 2.23. The zero-order chi connectivity index (χ0) is 19.7. The number of benzene rings is 2. The topological polar surface area (TPSA) is 90.0 Å². The maximum Gasteiger partial charge on any atom is 0.226 e. The molecule has 2 aromatic heterocycles. The molecule has 2 heterocycles. The number of hydrogen-bond donors (Lipinski definition) is 1. The van der Waals surface area contributed by atoms with Crippen molar-refractivity contribution in [3.05, 3.63) is 64.8 Å². The SMILES string of the molecule is CC(C)c1nc2cc(NC(=O)CCn3ncc(=O)c4ccccc43)ccc2o1. The molecule has 0 fully saturated rings. The van der Waals surface area contributed by atoms with Gasteiger partial charge < -0.3 is 9.73 Å². The molecule has 0 saturated heterocycles. The van der Waals surface area contributed by atoms with Gasteiger partial charge in [-0.25, -0.2) is 4.98 Å². The predicted octanol–water partition coefficient (Wildman–Crippen LogP) is 3.69. The van der Waals surface area contributed by atoms with E-state index in [1.54, 1.807) is 28.9 Å². The van der Waals surface area contributed by atoms with E-state index in [-0.39, 0.29) is 23.7 Å². The number of amides is 1. The van der Waals surface area contributed by atoms with Gasteiger partial charge in [0.25, 0.3) is 0 Å². The van der Waals surface area contributed by atoms with Gasteiger partial charge in [0.15, 0.2) is 11.5 Å². The highest BCUT2D eigenvalue weighted by molar-refractivity contribution is 5.92. The minimum absolute atomic E-state index is 0.127. The Labute approximate surface area is 161 Å². The van der Waals surface area contributed by atoms with Gasteiger partial charge in [-0.1, -0.05) is 26.0 Å². The Kier molecular flexibility index (Phi) is 4.65. The minimum atomic E-state index is -0.142. The second-order valence-electron chi connectivity index (χ2n) is 6.94. The highest BCUT2D eigenvalue weighted by Gasteiger charge is 2.11. The molecular formula is C21H20N4O3. The predicted molar refractivity (Wildman–Crippen MR) is 107 cm³/mol. The summed E-state index contributed by atoms with van der Waals surface area (Å²) in [7, 11) is 0. The van der Waals surface area contributed by atoms with E-state index in [0.29, 0.717) is 34.6 Å². The van der Waals surface area contributed by atoms with Gasteiger partial charge in [0.05, 0.1) is 18.3 Å². The lowest BCUT2D eigenvalue weighted by molar-refractivity contribution is -0.116. The van der Waals surface area contributed by atoms with Crippen LogP contribution in [0.15, 0.2) is 57.9 Å². The van der Waals surface area contributed by atoms with Crippen molar-refractivity contribution < 1.29 is 9.21 Å². The van der Waals surface area contributed by atoms with Crippen LogP contribution in [-0.4, -0.2) is 20.7 Å². The summed E-state index contributed by atoms with van der Waals surface area (Å²) in [5.74, 6) is 0.733. The molecule has 28 heavy (non-hydrogen) atoms. The normalized spacial score (nSPS) is 11.4. The number of aromatic nitrogens is 3. The fraction of sp³-hybridized carbons (Fsp3) is 0.238. The maximum absolute atomic E-state index is 12.4. The number of nitrogens with zero attached hydrogens (tertiary/aromatic N) is 3. The van der Waals surface area contributed by atoms with Crippen molar-refractivity contribution in [2.45, 2.75) is 32.7 Å². The van der Waals surface area contributed by atoms with E-state index in [4.69, 9.17) is 4.42 Å². The van der Waals surface area contributed by atoms with Crippen LogP contribution < -0.4 is 10.7 Å². The number of para-hydroxylation sites is 1. The summed E-state index contributed by atoms with van der Waals surface area (Å²) in [5.41, 5.74) is 2.67. The van der Waals surface area contributed by atoms with Gasteiger partial charge in [0.2, 0.25) is 11.3 Å². The molecule has 1 N–H and O–H groups in total. The number of aryl methyl sites for hydroxylation is 1. The lowest BCUT2D eigenvalue weighted by atomic mass is 10.2. The Morgan fingerprint density at radius 3 is 2.86 bits per heavy atom. The summed E-state index contributed by atoms with van der Waals surface area (Å²) in [6, 6.07) is 12.6. The smallest absolute Gasteiger partial charge is 0.226 e. The summed E-state index contributed by atoms with van der Waals surface area (Å²) in [5, 5.41) is 7.62.